The minimum atomic E-state index is -0.803. The molecule has 2 heterocycles. The topological polar surface area (TPSA) is 80.6 Å². The molecule has 32 heavy (non-hydrogen) atoms. The number of ether oxygens (including phenoxy) is 1. The van der Waals surface area contributed by atoms with Crippen LogP contribution in [0.4, 0.5) is 10.5 Å². The van der Waals surface area contributed by atoms with Crippen LogP contribution in [-0.4, -0.2) is 29.5 Å². The number of aryl methyl sites for hydroxylation is 1. The van der Waals surface area contributed by atoms with E-state index in [1.54, 1.807) is 31.4 Å². The molecule has 0 spiro atoms. The first-order valence-electron chi connectivity index (χ1n) is 9.80. The SMILES string of the molecule is COc1ccc(-n2c(C)cc(/C=C3\C(=O)NC(=O)N(c4ccc(Cl)cc4)C3=O)c2C)cc1. The van der Waals surface area contributed by atoms with Crippen molar-refractivity contribution in [2.45, 2.75) is 13.8 Å². The molecule has 4 amide bonds. The van der Waals surface area contributed by atoms with Crippen LogP contribution in [0.2, 0.25) is 5.02 Å². The Morgan fingerprint density at radius 1 is 0.938 bits per heavy atom. The van der Waals surface area contributed by atoms with Crippen LogP contribution >= 0.6 is 11.6 Å². The van der Waals surface area contributed by atoms with E-state index in [0.717, 1.165) is 27.7 Å². The molecule has 1 saturated heterocycles. The van der Waals surface area contributed by atoms with E-state index in [1.165, 1.54) is 6.08 Å². The normalized spacial score (nSPS) is 15.3. The van der Waals surface area contributed by atoms with E-state index in [2.05, 4.69) is 5.32 Å². The van der Waals surface area contributed by atoms with Crippen LogP contribution in [0, 0.1) is 13.8 Å². The van der Waals surface area contributed by atoms with Crippen LogP contribution in [0.5, 0.6) is 5.75 Å². The fraction of sp³-hybridized carbons (Fsp3) is 0.125. The Labute approximate surface area is 189 Å². The highest BCUT2D eigenvalue weighted by atomic mass is 35.5. The summed E-state index contributed by atoms with van der Waals surface area (Å²) in [6, 6.07) is 14.9. The van der Waals surface area contributed by atoms with Crippen molar-refractivity contribution >= 4 is 41.2 Å². The van der Waals surface area contributed by atoms with E-state index >= 15 is 0 Å². The Kier molecular flexibility index (Phi) is 5.59. The molecule has 162 valence electrons. The number of methoxy groups -OCH3 is 1. The smallest absolute Gasteiger partial charge is 0.335 e. The zero-order valence-electron chi connectivity index (χ0n) is 17.7. The Bertz CT molecular complexity index is 1260. The lowest BCUT2D eigenvalue weighted by Gasteiger charge is -2.26. The largest absolute Gasteiger partial charge is 0.497 e. The number of nitrogens with one attached hydrogen (secondary N) is 1. The first kappa shape index (κ1) is 21.4. The highest BCUT2D eigenvalue weighted by Gasteiger charge is 2.37. The first-order chi connectivity index (χ1) is 15.3. The Hall–Kier alpha value is -3.84. The van der Waals surface area contributed by atoms with Crippen LogP contribution in [0.1, 0.15) is 17.0 Å². The molecule has 0 saturated carbocycles. The van der Waals surface area contributed by atoms with Gasteiger partial charge in [-0.25, -0.2) is 9.69 Å². The second-order valence-electron chi connectivity index (χ2n) is 7.29. The average Bonchev–Trinajstić information content (AvgIpc) is 3.05. The lowest BCUT2D eigenvalue weighted by atomic mass is 10.1. The molecular weight excluding hydrogens is 430 g/mol. The van der Waals surface area contributed by atoms with Gasteiger partial charge in [0.1, 0.15) is 11.3 Å². The number of hydrogen-bond donors (Lipinski definition) is 1. The average molecular weight is 450 g/mol. The number of imide groups is 2. The molecule has 0 aliphatic carbocycles. The molecule has 1 aromatic heterocycles. The highest BCUT2D eigenvalue weighted by Crippen LogP contribution is 2.27. The number of rotatable bonds is 4. The summed E-state index contributed by atoms with van der Waals surface area (Å²) in [5.74, 6) is -0.690. The predicted molar refractivity (Wildman–Crippen MR) is 122 cm³/mol. The third kappa shape index (κ3) is 3.78. The van der Waals surface area contributed by atoms with E-state index in [1.807, 2.05) is 48.7 Å². The second kappa shape index (κ2) is 8.36. The molecule has 1 fully saturated rings. The standard InChI is InChI=1S/C24H20ClN3O4/c1-14-12-16(15(2)27(14)18-8-10-20(32-3)11-9-18)13-21-22(29)26-24(31)28(23(21)30)19-6-4-17(25)5-7-19/h4-13H,1-3H3,(H,26,29,31)/b21-13+. The maximum Gasteiger partial charge on any atom is 0.335 e. The summed E-state index contributed by atoms with van der Waals surface area (Å²) in [6.45, 7) is 3.84. The van der Waals surface area contributed by atoms with Crippen molar-refractivity contribution in [1.29, 1.82) is 0 Å². The summed E-state index contributed by atoms with van der Waals surface area (Å²) in [7, 11) is 1.61. The van der Waals surface area contributed by atoms with E-state index in [9.17, 15) is 14.4 Å². The van der Waals surface area contributed by atoms with Crippen molar-refractivity contribution in [2.75, 3.05) is 12.0 Å². The van der Waals surface area contributed by atoms with Crippen LogP contribution in [0.15, 0.2) is 60.2 Å². The van der Waals surface area contributed by atoms with Gasteiger partial charge in [0.25, 0.3) is 11.8 Å². The molecular formula is C24H20ClN3O4. The summed E-state index contributed by atoms with van der Waals surface area (Å²) in [4.78, 5) is 38.9. The van der Waals surface area contributed by atoms with E-state index in [0.29, 0.717) is 16.3 Å². The van der Waals surface area contributed by atoms with Gasteiger partial charge in [0, 0.05) is 22.1 Å². The monoisotopic (exact) mass is 449 g/mol. The first-order valence-corrected chi connectivity index (χ1v) is 10.2. The Morgan fingerprint density at radius 2 is 1.56 bits per heavy atom. The fourth-order valence-electron chi connectivity index (χ4n) is 3.70. The molecule has 1 aliphatic heterocycles. The lowest BCUT2D eigenvalue weighted by molar-refractivity contribution is -0.122. The van der Waals surface area contributed by atoms with Gasteiger partial charge in [-0.15, -0.1) is 0 Å². The van der Waals surface area contributed by atoms with Crippen LogP contribution < -0.4 is 15.0 Å². The van der Waals surface area contributed by atoms with Crippen molar-refractivity contribution in [3.8, 4) is 11.4 Å². The van der Waals surface area contributed by atoms with Crippen molar-refractivity contribution in [3.63, 3.8) is 0 Å². The maximum absolute atomic E-state index is 13.1. The van der Waals surface area contributed by atoms with Crippen LogP contribution in [0.3, 0.4) is 0 Å². The number of barbiturate groups is 1. The van der Waals surface area contributed by atoms with Crippen molar-refractivity contribution in [3.05, 3.63) is 82.1 Å². The number of hydrogen-bond acceptors (Lipinski definition) is 4. The zero-order valence-corrected chi connectivity index (χ0v) is 18.4. The van der Waals surface area contributed by atoms with Crippen molar-refractivity contribution in [2.24, 2.45) is 0 Å². The number of nitrogens with zero attached hydrogens (tertiary/aromatic N) is 2. The Balaban J connectivity index is 1.73. The maximum atomic E-state index is 13.1. The highest BCUT2D eigenvalue weighted by molar-refractivity contribution is 6.39. The molecule has 3 aromatic rings. The molecule has 1 N–H and O–H groups in total. The number of amides is 4. The van der Waals surface area contributed by atoms with Gasteiger partial charge in [0.2, 0.25) is 0 Å². The molecule has 0 radical (unpaired) electrons. The van der Waals surface area contributed by atoms with Crippen molar-refractivity contribution in [1.82, 2.24) is 9.88 Å². The van der Waals surface area contributed by atoms with Gasteiger partial charge >= 0.3 is 6.03 Å². The molecule has 0 unspecified atom stereocenters. The third-order valence-corrected chi connectivity index (χ3v) is 5.54. The van der Waals surface area contributed by atoms with Gasteiger partial charge in [-0.1, -0.05) is 11.6 Å². The van der Waals surface area contributed by atoms with Crippen LogP contribution in [0.25, 0.3) is 11.8 Å². The lowest BCUT2D eigenvalue weighted by Crippen LogP contribution is -2.54. The minimum absolute atomic E-state index is 0.130. The van der Waals surface area contributed by atoms with E-state index in [-0.39, 0.29) is 5.57 Å². The zero-order chi connectivity index (χ0) is 23.0. The number of urea groups is 1. The van der Waals surface area contributed by atoms with Gasteiger partial charge in [-0.2, -0.15) is 0 Å². The molecule has 1 aliphatic rings. The second-order valence-corrected chi connectivity index (χ2v) is 7.73. The molecule has 8 heteroatoms. The summed E-state index contributed by atoms with van der Waals surface area (Å²) in [5.41, 5.74) is 3.57. The van der Waals surface area contributed by atoms with Gasteiger partial charge in [0.15, 0.2) is 0 Å². The summed E-state index contributed by atoms with van der Waals surface area (Å²) in [6.07, 6.45) is 1.51. The minimum Gasteiger partial charge on any atom is -0.497 e. The summed E-state index contributed by atoms with van der Waals surface area (Å²) >= 11 is 5.91. The molecule has 2 aromatic carbocycles. The van der Waals surface area contributed by atoms with Gasteiger partial charge in [-0.05, 0) is 80.1 Å². The number of anilines is 1. The quantitative estimate of drug-likeness (QED) is 0.472. The molecule has 4 rings (SSSR count). The van der Waals surface area contributed by atoms with Crippen molar-refractivity contribution < 1.29 is 19.1 Å². The van der Waals surface area contributed by atoms with Gasteiger partial charge in [0.05, 0.1) is 12.8 Å². The van der Waals surface area contributed by atoms with E-state index in [4.69, 9.17) is 16.3 Å². The third-order valence-electron chi connectivity index (χ3n) is 5.29. The number of aromatic nitrogens is 1. The number of benzene rings is 2. The molecule has 0 bridgehead atoms. The summed E-state index contributed by atoms with van der Waals surface area (Å²) in [5, 5.41) is 2.70. The van der Waals surface area contributed by atoms with Gasteiger partial charge in [-0.3, -0.25) is 14.9 Å². The van der Waals surface area contributed by atoms with Gasteiger partial charge < -0.3 is 9.30 Å². The fourth-order valence-corrected chi connectivity index (χ4v) is 3.83. The molecule has 0 atom stereocenters. The number of halogens is 1. The molecule has 7 nitrogen and oxygen atoms in total. The summed E-state index contributed by atoms with van der Waals surface area (Å²) < 4.78 is 7.23. The number of carbonyl (C=O) groups is 3. The van der Waals surface area contributed by atoms with Crippen LogP contribution in [-0.2, 0) is 9.59 Å². The number of carbonyl (C=O) groups excluding carboxylic acids is 3. The Morgan fingerprint density at radius 3 is 2.19 bits per heavy atom. The van der Waals surface area contributed by atoms with E-state index < -0.39 is 17.8 Å². The predicted octanol–water partition coefficient (Wildman–Crippen LogP) is 4.42.